The number of carbonyl (C=O) groups is 2. The number of halogens is 2. The van der Waals surface area contributed by atoms with Crippen molar-refractivity contribution in [1.82, 2.24) is 10.2 Å². The number of para-hydroxylation sites is 1. The fourth-order valence-corrected chi connectivity index (χ4v) is 3.69. The molecule has 0 unspecified atom stereocenters. The lowest BCUT2D eigenvalue weighted by molar-refractivity contribution is -0.143. The van der Waals surface area contributed by atoms with Crippen LogP contribution in [0.25, 0.3) is 0 Å². The summed E-state index contributed by atoms with van der Waals surface area (Å²) in [5.74, 6) is -0.293. The van der Waals surface area contributed by atoms with Gasteiger partial charge in [-0.3, -0.25) is 9.59 Å². The average Bonchev–Trinajstić information content (AvgIpc) is 2.85. The summed E-state index contributed by atoms with van der Waals surface area (Å²) in [4.78, 5) is 28.3. The Morgan fingerprint density at radius 1 is 0.941 bits per heavy atom. The van der Waals surface area contributed by atoms with Crippen molar-refractivity contribution >= 4 is 35.0 Å². The maximum atomic E-state index is 13.5. The predicted molar refractivity (Wildman–Crippen MR) is 133 cm³/mol. The molecule has 0 radical (unpaired) electrons. The molecule has 2 amide bonds. The van der Waals surface area contributed by atoms with Crippen LogP contribution in [-0.4, -0.2) is 43.6 Å². The van der Waals surface area contributed by atoms with Crippen molar-refractivity contribution < 1.29 is 19.1 Å². The molecule has 0 bridgehead atoms. The molecule has 178 valence electrons. The van der Waals surface area contributed by atoms with Crippen molar-refractivity contribution in [3.8, 4) is 5.75 Å². The first kappa shape index (κ1) is 25.6. The van der Waals surface area contributed by atoms with Crippen molar-refractivity contribution in [2.45, 2.75) is 12.6 Å². The third-order valence-electron chi connectivity index (χ3n) is 5.06. The monoisotopic (exact) mass is 500 g/mol. The summed E-state index contributed by atoms with van der Waals surface area (Å²) < 4.78 is 10.8. The van der Waals surface area contributed by atoms with Gasteiger partial charge >= 0.3 is 0 Å². The molecule has 3 aromatic carbocycles. The van der Waals surface area contributed by atoms with Gasteiger partial charge in [-0.2, -0.15) is 0 Å². The van der Waals surface area contributed by atoms with Crippen molar-refractivity contribution in [2.75, 3.05) is 26.9 Å². The highest BCUT2D eigenvalue weighted by Crippen LogP contribution is 2.26. The van der Waals surface area contributed by atoms with E-state index in [1.165, 1.54) is 4.90 Å². The normalized spacial score (nSPS) is 11.5. The Kier molecular flexibility index (Phi) is 9.76. The number of amides is 2. The number of ether oxygens (including phenoxy) is 2. The number of benzene rings is 3. The van der Waals surface area contributed by atoms with Gasteiger partial charge in [-0.25, -0.2) is 0 Å². The van der Waals surface area contributed by atoms with Crippen molar-refractivity contribution in [3.05, 3.63) is 100 Å². The number of hydrogen-bond acceptors (Lipinski definition) is 4. The Labute approximate surface area is 209 Å². The SMILES string of the molecule is COCCNC(=O)[C@@H](c1ccccc1)N(Cc1ccc(Cl)cc1)C(=O)COc1ccccc1Cl. The Hall–Kier alpha value is -3.06. The second-order valence-electron chi connectivity index (χ2n) is 7.46. The van der Waals surface area contributed by atoms with Crippen molar-refractivity contribution in [3.63, 3.8) is 0 Å². The van der Waals surface area contributed by atoms with Gasteiger partial charge in [-0.15, -0.1) is 0 Å². The molecule has 0 spiro atoms. The van der Waals surface area contributed by atoms with Crippen LogP contribution >= 0.6 is 23.2 Å². The summed E-state index contributed by atoms with van der Waals surface area (Å²) >= 11 is 12.2. The smallest absolute Gasteiger partial charge is 0.261 e. The largest absolute Gasteiger partial charge is 0.482 e. The van der Waals surface area contributed by atoms with E-state index in [0.29, 0.717) is 34.5 Å². The lowest BCUT2D eigenvalue weighted by atomic mass is 10.0. The van der Waals surface area contributed by atoms with Crippen LogP contribution in [0, 0.1) is 0 Å². The minimum Gasteiger partial charge on any atom is -0.482 e. The Morgan fingerprint density at radius 3 is 2.29 bits per heavy atom. The predicted octanol–water partition coefficient (Wildman–Crippen LogP) is 4.90. The van der Waals surface area contributed by atoms with Crippen LogP contribution in [0.2, 0.25) is 10.0 Å². The zero-order valence-electron chi connectivity index (χ0n) is 18.7. The zero-order valence-corrected chi connectivity index (χ0v) is 20.3. The Morgan fingerprint density at radius 2 is 1.62 bits per heavy atom. The fraction of sp³-hybridized carbons (Fsp3) is 0.231. The third kappa shape index (κ3) is 7.22. The fourth-order valence-electron chi connectivity index (χ4n) is 3.38. The maximum absolute atomic E-state index is 13.5. The standard InChI is InChI=1S/C26H26Cl2N2O4/c1-33-16-15-29-26(32)25(20-7-3-2-4-8-20)30(17-19-11-13-21(27)14-12-19)24(31)18-34-23-10-6-5-9-22(23)28/h2-14,25H,15-18H2,1H3,(H,29,32)/t25-/m1/s1. The summed E-state index contributed by atoms with van der Waals surface area (Å²) in [6.07, 6.45) is 0. The van der Waals surface area contributed by atoms with Crippen LogP contribution in [0.5, 0.6) is 5.75 Å². The van der Waals surface area contributed by atoms with Crippen molar-refractivity contribution in [1.29, 1.82) is 0 Å². The molecule has 0 aliphatic carbocycles. The molecule has 34 heavy (non-hydrogen) atoms. The van der Waals surface area contributed by atoms with Crippen LogP contribution in [0.15, 0.2) is 78.9 Å². The van der Waals surface area contributed by atoms with E-state index in [0.717, 1.165) is 5.56 Å². The summed E-state index contributed by atoms with van der Waals surface area (Å²) in [6.45, 7) is 0.566. The minimum absolute atomic E-state index is 0.180. The summed E-state index contributed by atoms with van der Waals surface area (Å²) in [6, 6.07) is 22.3. The highest BCUT2D eigenvalue weighted by molar-refractivity contribution is 6.32. The van der Waals surface area contributed by atoms with Crippen LogP contribution in [0.4, 0.5) is 0 Å². The van der Waals surface area contributed by atoms with E-state index in [-0.39, 0.29) is 25.0 Å². The minimum atomic E-state index is -0.879. The van der Waals surface area contributed by atoms with Gasteiger partial charge in [-0.05, 0) is 35.4 Å². The number of methoxy groups -OCH3 is 1. The van der Waals surface area contributed by atoms with E-state index in [4.69, 9.17) is 32.7 Å². The van der Waals surface area contributed by atoms with Gasteiger partial charge in [0.1, 0.15) is 11.8 Å². The summed E-state index contributed by atoms with van der Waals surface area (Å²) in [7, 11) is 1.56. The van der Waals surface area contributed by atoms with Crippen LogP contribution in [-0.2, 0) is 20.9 Å². The van der Waals surface area contributed by atoms with E-state index in [2.05, 4.69) is 5.32 Å². The molecule has 0 saturated heterocycles. The van der Waals surface area contributed by atoms with E-state index in [1.807, 2.05) is 42.5 Å². The Balaban J connectivity index is 1.91. The molecule has 1 N–H and O–H groups in total. The Bertz CT molecular complexity index is 1080. The highest BCUT2D eigenvalue weighted by atomic mass is 35.5. The molecule has 0 saturated carbocycles. The van der Waals surface area contributed by atoms with Crippen LogP contribution in [0.1, 0.15) is 17.2 Å². The zero-order chi connectivity index (χ0) is 24.3. The number of hydrogen-bond donors (Lipinski definition) is 1. The molecular weight excluding hydrogens is 475 g/mol. The first-order chi connectivity index (χ1) is 16.5. The molecule has 0 aliphatic rings. The first-order valence-corrected chi connectivity index (χ1v) is 11.5. The van der Waals surface area contributed by atoms with Crippen LogP contribution < -0.4 is 10.1 Å². The van der Waals surface area contributed by atoms with Gasteiger partial charge in [-0.1, -0.05) is 77.8 Å². The van der Waals surface area contributed by atoms with Crippen molar-refractivity contribution in [2.24, 2.45) is 0 Å². The summed E-state index contributed by atoms with van der Waals surface area (Å²) in [5, 5.41) is 3.84. The van der Waals surface area contributed by atoms with E-state index in [1.54, 1.807) is 43.5 Å². The molecule has 0 aliphatic heterocycles. The van der Waals surface area contributed by atoms with E-state index in [9.17, 15) is 9.59 Å². The topological polar surface area (TPSA) is 67.9 Å². The molecule has 0 heterocycles. The molecule has 3 rings (SSSR count). The third-order valence-corrected chi connectivity index (χ3v) is 5.62. The summed E-state index contributed by atoms with van der Waals surface area (Å²) in [5.41, 5.74) is 1.50. The second kappa shape index (κ2) is 13.0. The van der Waals surface area contributed by atoms with Gasteiger partial charge in [0.2, 0.25) is 5.91 Å². The van der Waals surface area contributed by atoms with Gasteiger partial charge in [0.15, 0.2) is 6.61 Å². The second-order valence-corrected chi connectivity index (χ2v) is 8.31. The molecular formula is C26H26Cl2N2O4. The maximum Gasteiger partial charge on any atom is 0.261 e. The lowest BCUT2D eigenvalue weighted by Crippen LogP contribution is -2.45. The number of rotatable bonds is 11. The number of nitrogens with zero attached hydrogens (tertiary/aromatic N) is 1. The van der Waals surface area contributed by atoms with Gasteiger partial charge in [0, 0.05) is 25.2 Å². The lowest BCUT2D eigenvalue weighted by Gasteiger charge is -2.31. The van der Waals surface area contributed by atoms with Gasteiger partial charge in [0.25, 0.3) is 5.91 Å². The number of nitrogens with one attached hydrogen (secondary N) is 1. The quantitative estimate of drug-likeness (QED) is 0.380. The molecule has 0 fully saturated rings. The molecule has 8 heteroatoms. The van der Waals surface area contributed by atoms with Gasteiger partial charge in [0.05, 0.1) is 11.6 Å². The number of carbonyl (C=O) groups excluding carboxylic acids is 2. The van der Waals surface area contributed by atoms with Crippen LogP contribution in [0.3, 0.4) is 0 Å². The molecule has 3 aromatic rings. The molecule has 6 nitrogen and oxygen atoms in total. The van der Waals surface area contributed by atoms with Gasteiger partial charge < -0.3 is 19.7 Å². The average molecular weight is 501 g/mol. The first-order valence-electron chi connectivity index (χ1n) is 10.7. The van der Waals surface area contributed by atoms with E-state index >= 15 is 0 Å². The van der Waals surface area contributed by atoms with E-state index < -0.39 is 6.04 Å². The molecule has 0 aromatic heterocycles. The highest BCUT2D eigenvalue weighted by Gasteiger charge is 2.31. The molecule has 1 atom stereocenters.